The van der Waals surface area contributed by atoms with Gasteiger partial charge in [0.05, 0.1) is 48.6 Å². The smallest absolute Gasteiger partial charge is 0.339 e. The van der Waals surface area contributed by atoms with Gasteiger partial charge in [0.15, 0.2) is 0 Å². The largest absolute Gasteiger partial charge is 0.496 e. The fraction of sp³-hybridized carbons (Fsp3) is 0.348. The second-order valence-electron chi connectivity index (χ2n) is 7.56. The molecule has 1 aliphatic rings. The van der Waals surface area contributed by atoms with Crippen LogP contribution in [0.4, 0.5) is 5.69 Å². The highest BCUT2D eigenvalue weighted by molar-refractivity contribution is 7.92. The van der Waals surface area contributed by atoms with Crippen molar-refractivity contribution in [3.05, 3.63) is 53.1 Å². The van der Waals surface area contributed by atoms with Crippen LogP contribution in [0.1, 0.15) is 50.3 Å². The van der Waals surface area contributed by atoms with Gasteiger partial charge in [-0.05, 0) is 55.7 Å². The van der Waals surface area contributed by atoms with Crippen molar-refractivity contribution in [3.8, 4) is 5.75 Å². The quantitative estimate of drug-likeness (QED) is 0.587. The Bertz CT molecular complexity index is 1200. The number of amides is 1. The monoisotopic (exact) mass is 490 g/mol. The molecule has 0 unspecified atom stereocenters. The van der Waals surface area contributed by atoms with E-state index in [2.05, 4.69) is 9.46 Å². The summed E-state index contributed by atoms with van der Waals surface area (Å²) in [6, 6.07) is 7.68. The molecule has 0 bridgehead atoms. The van der Waals surface area contributed by atoms with Gasteiger partial charge in [-0.15, -0.1) is 0 Å². The van der Waals surface area contributed by atoms with E-state index in [1.54, 1.807) is 4.90 Å². The highest BCUT2D eigenvalue weighted by Gasteiger charge is 2.26. The topological polar surface area (TPSA) is 128 Å². The summed E-state index contributed by atoms with van der Waals surface area (Å²) >= 11 is 0. The molecular formula is C23H26N2O8S. The Morgan fingerprint density at radius 3 is 2.15 bits per heavy atom. The molecule has 0 saturated carbocycles. The van der Waals surface area contributed by atoms with Gasteiger partial charge in [-0.2, -0.15) is 0 Å². The number of benzene rings is 2. The first-order valence-corrected chi connectivity index (χ1v) is 12.0. The van der Waals surface area contributed by atoms with Crippen molar-refractivity contribution in [1.82, 2.24) is 4.90 Å². The number of likely N-dealkylation sites (tertiary alicyclic amines) is 1. The lowest BCUT2D eigenvalue weighted by Crippen LogP contribution is -2.35. The Hall–Kier alpha value is -3.60. The maximum Gasteiger partial charge on any atom is 0.339 e. The van der Waals surface area contributed by atoms with E-state index >= 15 is 0 Å². The standard InChI is InChI=1S/C23H26N2O8S/c1-31-20-10-8-16(14-18(20)21(26)25-11-5-4-6-12-25)34(29,30)24-19-13-15(22(27)32-2)7-9-17(19)23(28)33-3/h7-10,13-14,24H,4-6,11-12H2,1-3H3. The Morgan fingerprint density at radius 1 is 0.853 bits per heavy atom. The molecule has 1 aliphatic heterocycles. The molecule has 1 fully saturated rings. The number of methoxy groups -OCH3 is 3. The van der Waals surface area contributed by atoms with Gasteiger partial charge < -0.3 is 19.1 Å². The van der Waals surface area contributed by atoms with E-state index in [-0.39, 0.29) is 38.9 Å². The molecule has 1 heterocycles. The van der Waals surface area contributed by atoms with Gasteiger partial charge in [-0.1, -0.05) is 0 Å². The summed E-state index contributed by atoms with van der Waals surface area (Å²) < 4.78 is 43.4. The zero-order valence-electron chi connectivity index (χ0n) is 19.1. The van der Waals surface area contributed by atoms with Gasteiger partial charge in [0.1, 0.15) is 5.75 Å². The minimum atomic E-state index is -4.27. The lowest BCUT2D eigenvalue weighted by atomic mass is 10.1. The van der Waals surface area contributed by atoms with Crippen LogP contribution in [0.3, 0.4) is 0 Å². The summed E-state index contributed by atoms with van der Waals surface area (Å²) in [6.45, 7) is 1.17. The maximum absolute atomic E-state index is 13.2. The number of hydrogen-bond donors (Lipinski definition) is 1. The predicted molar refractivity (Wildman–Crippen MR) is 123 cm³/mol. The fourth-order valence-corrected chi connectivity index (χ4v) is 4.75. The summed E-state index contributed by atoms with van der Waals surface area (Å²) in [4.78, 5) is 38.6. The van der Waals surface area contributed by atoms with Crippen LogP contribution in [0.25, 0.3) is 0 Å². The molecule has 1 saturated heterocycles. The van der Waals surface area contributed by atoms with Crippen molar-refractivity contribution in [2.75, 3.05) is 39.1 Å². The average molecular weight is 491 g/mol. The number of ether oxygens (including phenoxy) is 3. The molecule has 182 valence electrons. The number of nitrogens with one attached hydrogen (secondary N) is 1. The third-order valence-electron chi connectivity index (χ3n) is 5.45. The molecule has 1 amide bonds. The Kier molecular flexibility index (Phi) is 7.77. The van der Waals surface area contributed by atoms with Crippen LogP contribution >= 0.6 is 0 Å². The number of anilines is 1. The van der Waals surface area contributed by atoms with Gasteiger partial charge >= 0.3 is 11.9 Å². The van der Waals surface area contributed by atoms with E-state index in [4.69, 9.17) is 9.47 Å². The van der Waals surface area contributed by atoms with Crippen LogP contribution < -0.4 is 9.46 Å². The van der Waals surface area contributed by atoms with Crippen molar-refractivity contribution in [3.63, 3.8) is 0 Å². The molecular weight excluding hydrogens is 464 g/mol. The normalized spacial score (nSPS) is 13.7. The summed E-state index contributed by atoms with van der Waals surface area (Å²) in [5, 5.41) is 0. The van der Waals surface area contributed by atoms with Gasteiger partial charge in [0.2, 0.25) is 0 Å². The minimum absolute atomic E-state index is 0.0311. The van der Waals surface area contributed by atoms with E-state index in [9.17, 15) is 22.8 Å². The highest BCUT2D eigenvalue weighted by Crippen LogP contribution is 2.28. The minimum Gasteiger partial charge on any atom is -0.496 e. The molecule has 1 N–H and O–H groups in total. The number of sulfonamides is 1. The Balaban J connectivity index is 2.01. The van der Waals surface area contributed by atoms with Crippen molar-refractivity contribution in [1.29, 1.82) is 0 Å². The summed E-state index contributed by atoms with van der Waals surface area (Å²) in [5.41, 5.74) is -0.126. The second-order valence-corrected chi connectivity index (χ2v) is 9.25. The molecule has 2 aromatic rings. The number of nitrogens with zero attached hydrogens (tertiary/aromatic N) is 1. The fourth-order valence-electron chi connectivity index (χ4n) is 3.65. The van der Waals surface area contributed by atoms with Gasteiger partial charge in [-0.3, -0.25) is 9.52 Å². The third-order valence-corrected chi connectivity index (χ3v) is 6.81. The zero-order chi connectivity index (χ0) is 24.9. The summed E-state index contributed by atoms with van der Waals surface area (Å²) in [6.07, 6.45) is 2.79. The summed E-state index contributed by atoms with van der Waals surface area (Å²) in [7, 11) is -0.547. The van der Waals surface area contributed by atoms with Crippen molar-refractivity contribution >= 4 is 33.6 Å². The molecule has 34 heavy (non-hydrogen) atoms. The first kappa shape index (κ1) is 25.0. The van der Waals surface area contributed by atoms with Gasteiger partial charge in [0, 0.05) is 13.1 Å². The molecule has 2 aromatic carbocycles. The van der Waals surface area contributed by atoms with E-state index < -0.39 is 22.0 Å². The van der Waals surface area contributed by atoms with Crippen LogP contribution in [0.2, 0.25) is 0 Å². The van der Waals surface area contributed by atoms with Crippen LogP contribution in [0.15, 0.2) is 41.3 Å². The molecule has 0 aliphatic carbocycles. The number of carbonyl (C=O) groups is 3. The SMILES string of the molecule is COC(=O)c1ccc(C(=O)OC)c(NS(=O)(=O)c2ccc(OC)c(C(=O)N3CCCCC3)c2)c1. The van der Waals surface area contributed by atoms with Gasteiger partial charge in [-0.25, -0.2) is 18.0 Å². The molecule has 3 rings (SSSR count). The van der Waals surface area contributed by atoms with E-state index in [1.807, 2.05) is 0 Å². The first-order valence-electron chi connectivity index (χ1n) is 10.5. The van der Waals surface area contributed by atoms with Gasteiger partial charge in [0.25, 0.3) is 15.9 Å². The average Bonchev–Trinajstić information content (AvgIpc) is 2.87. The second kappa shape index (κ2) is 10.6. The first-order chi connectivity index (χ1) is 16.2. The third kappa shape index (κ3) is 5.30. The molecule has 0 atom stereocenters. The molecule has 11 heteroatoms. The highest BCUT2D eigenvalue weighted by atomic mass is 32.2. The Morgan fingerprint density at radius 2 is 1.53 bits per heavy atom. The number of rotatable bonds is 7. The van der Waals surface area contributed by atoms with Crippen molar-refractivity contribution < 1.29 is 37.0 Å². The van der Waals surface area contributed by atoms with E-state index in [0.717, 1.165) is 26.4 Å². The number of hydrogen-bond acceptors (Lipinski definition) is 8. The summed E-state index contributed by atoms with van der Waals surface area (Å²) in [5.74, 6) is -1.59. The molecule has 10 nitrogen and oxygen atoms in total. The van der Waals surface area contributed by atoms with Crippen LogP contribution in [0.5, 0.6) is 5.75 Å². The van der Waals surface area contributed by atoms with E-state index in [1.165, 1.54) is 50.6 Å². The number of carbonyl (C=O) groups excluding carboxylic acids is 3. The lowest BCUT2D eigenvalue weighted by Gasteiger charge is -2.27. The molecule has 0 aromatic heterocycles. The molecule has 0 spiro atoms. The Labute approximate surface area is 197 Å². The lowest BCUT2D eigenvalue weighted by molar-refractivity contribution is 0.0587. The number of esters is 2. The van der Waals surface area contributed by atoms with Crippen LogP contribution in [-0.4, -0.2) is 65.6 Å². The van der Waals surface area contributed by atoms with Crippen molar-refractivity contribution in [2.24, 2.45) is 0 Å². The maximum atomic E-state index is 13.2. The van der Waals surface area contributed by atoms with Crippen molar-refractivity contribution in [2.45, 2.75) is 24.2 Å². The molecule has 0 radical (unpaired) electrons. The zero-order valence-corrected chi connectivity index (χ0v) is 19.9. The number of piperidine rings is 1. The van der Waals surface area contributed by atoms with E-state index in [0.29, 0.717) is 13.1 Å². The predicted octanol–water partition coefficient (Wildman–Crippen LogP) is 2.70. The van der Waals surface area contributed by atoms with Crippen LogP contribution in [0, 0.1) is 0 Å². The van der Waals surface area contributed by atoms with Crippen LogP contribution in [-0.2, 0) is 19.5 Å².